The van der Waals surface area contributed by atoms with E-state index in [0.717, 1.165) is 5.56 Å². The lowest BCUT2D eigenvalue weighted by Gasteiger charge is -2.30. The van der Waals surface area contributed by atoms with Gasteiger partial charge in [-0.2, -0.15) is 0 Å². The zero-order chi connectivity index (χ0) is 23.4. The molecule has 1 aliphatic rings. The molecule has 2 aromatic carbocycles. The Kier molecular flexibility index (Phi) is 7.17. The Labute approximate surface area is 193 Å². The summed E-state index contributed by atoms with van der Waals surface area (Å²) in [4.78, 5) is 22.7. The summed E-state index contributed by atoms with van der Waals surface area (Å²) < 4.78 is 16.0. The van der Waals surface area contributed by atoms with Crippen molar-refractivity contribution in [2.45, 2.75) is 26.4 Å². The molecule has 1 aliphatic heterocycles. The Morgan fingerprint density at radius 3 is 2.09 bits per heavy atom. The fraction of sp³-hybridized carbons (Fsp3) is 0.182. The zero-order valence-corrected chi connectivity index (χ0v) is 18.5. The van der Waals surface area contributed by atoms with E-state index >= 15 is 0 Å². The Hall–Kier alpha value is -3.36. The molecule has 1 heterocycles. The van der Waals surface area contributed by atoms with Crippen LogP contribution in [0.5, 0.6) is 5.75 Å². The number of hydrogen-bond acceptors (Lipinski definition) is 6. The number of rotatable bonds is 6. The molecule has 0 atom stereocenters. The quantitative estimate of drug-likeness (QED) is 0.425. The van der Waals surface area contributed by atoms with E-state index in [4.69, 9.17) is 37.4 Å². The van der Waals surface area contributed by atoms with Gasteiger partial charge in [0.1, 0.15) is 29.8 Å². The minimum absolute atomic E-state index is 0.0232. The molecule has 168 valence electrons. The maximum absolute atomic E-state index is 11.3. The number of para-hydroxylation sites is 1. The fourth-order valence-corrected chi connectivity index (χ4v) is 3.66. The number of nitrogens with one attached hydrogen (secondary N) is 1. The largest absolute Gasteiger partial charge is 0.511 e. The van der Waals surface area contributed by atoms with E-state index in [1.807, 2.05) is 0 Å². The van der Waals surface area contributed by atoms with Crippen molar-refractivity contribution in [3.63, 3.8) is 0 Å². The molecule has 0 radical (unpaired) electrons. The summed E-state index contributed by atoms with van der Waals surface area (Å²) in [5.41, 5.74) is 2.00. The maximum atomic E-state index is 11.3. The van der Waals surface area contributed by atoms with Crippen LogP contribution in [0.25, 0.3) is 0 Å². The van der Waals surface area contributed by atoms with Gasteiger partial charge in [0.15, 0.2) is 0 Å². The summed E-state index contributed by atoms with van der Waals surface area (Å²) >= 11 is 12.0. The van der Waals surface area contributed by atoms with Crippen LogP contribution in [-0.2, 0) is 16.1 Å². The highest BCUT2D eigenvalue weighted by molar-refractivity contribution is 6.42. The first-order valence-corrected chi connectivity index (χ1v) is 10.1. The monoisotopic (exact) mass is 479 g/mol. The number of benzene rings is 2. The molecule has 10 heteroatoms. The van der Waals surface area contributed by atoms with Crippen molar-refractivity contribution < 1.29 is 34.0 Å². The van der Waals surface area contributed by atoms with Gasteiger partial charge in [-0.15, -0.1) is 0 Å². The predicted octanol–water partition coefficient (Wildman–Crippen LogP) is 6.11. The third-order valence-corrected chi connectivity index (χ3v) is 5.38. The Balaban J connectivity index is 2.03. The second-order valence-electron chi connectivity index (χ2n) is 6.85. The molecule has 0 unspecified atom stereocenters. The van der Waals surface area contributed by atoms with Crippen molar-refractivity contribution in [1.82, 2.24) is 5.32 Å². The highest BCUT2D eigenvalue weighted by atomic mass is 35.5. The van der Waals surface area contributed by atoms with Gasteiger partial charge in [0, 0.05) is 5.56 Å². The molecule has 0 bridgehead atoms. The molecular formula is C22H19Cl2NO7. The molecule has 8 nitrogen and oxygen atoms in total. The third-order valence-electron chi connectivity index (χ3n) is 4.64. The summed E-state index contributed by atoms with van der Waals surface area (Å²) in [5, 5.41) is 22.2. The van der Waals surface area contributed by atoms with E-state index in [1.54, 1.807) is 56.3 Å². The average molecular weight is 480 g/mol. The summed E-state index contributed by atoms with van der Waals surface area (Å²) in [5.74, 6) is -0.646. The van der Waals surface area contributed by atoms with Gasteiger partial charge in [-0.1, -0.05) is 47.5 Å². The summed E-state index contributed by atoms with van der Waals surface area (Å²) in [6, 6.07) is 11.9. The molecule has 0 saturated heterocycles. The molecule has 0 saturated carbocycles. The third kappa shape index (κ3) is 5.27. The first-order valence-electron chi connectivity index (χ1n) is 9.33. The van der Waals surface area contributed by atoms with Gasteiger partial charge in [0.05, 0.1) is 21.4 Å². The van der Waals surface area contributed by atoms with E-state index in [0.29, 0.717) is 32.8 Å². The molecule has 2 aromatic rings. The molecule has 3 rings (SSSR count). The number of dihydropyridines is 1. The maximum Gasteiger partial charge on any atom is 0.511 e. The highest BCUT2D eigenvalue weighted by Gasteiger charge is 2.36. The van der Waals surface area contributed by atoms with Crippen LogP contribution in [0, 0.1) is 0 Å². The molecule has 0 spiro atoms. The van der Waals surface area contributed by atoms with Crippen molar-refractivity contribution in [3.05, 3.63) is 86.5 Å². The van der Waals surface area contributed by atoms with Crippen molar-refractivity contribution in [2.75, 3.05) is 0 Å². The first-order chi connectivity index (χ1) is 15.2. The first kappa shape index (κ1) is 23.3. The van der Waals surface area contributed by atoms with Gasteiger partial charge >= 0.3 is 12.3 Å². The van der Waals surface area contributed by atoms with E-state index in [-0.39, 0.29) is 18.1 Å². The van der Waals surface area contributed by atoms with Crippen LogP contribution >= 0.6 is 23.2 Å². The fourth-order valence-electron chi connectivity index (χ4n) is 3.34. The molecule has 0 amide bonds. The smallest absolute Gasteiger partial charge is 0.489 e. The minimum Gasteiger partial charge on any atom is -0.489 e. The highest BCUT2D eigenvalue weighted by Crippen LogP contribution is 2.43. The minimum atomic E-state index is -1.55. The van der Waals surface area contributed by atoms with Gasteiger partial charge in [0.2, 0.25) is 0 Å². The van der Waals surface area contributed by atoms with Crippen molar-refractivity contribution in [3.8, 4) is 5.75 Å². The van der Waals surface area contributed by atoms with Crippen LogP contribution in [0.2, 0.25) is 10.0 Å². The second kappa shape index (κ2) is 9.84. The van der Waals surface area contributed by atoms with Crippen LogP contribution < -0.4 is 10.1 Å². The lowest BCUT2D eigenvalue weighted by molar-refractivity contribution is 0.0975. The number of allylic oxidation sites excluding steroid dienone is 2. The van der Waals surface area contributed by atoms with Crippen molar-refractivity contribution in [2.24, 2.45) is 0 Å². The number of carboxylic acid groups (broad SMARTS) is 2. The number of ether oxygens (including phenoxy) is 3. The van der Waals surface area contributed by atoms with Gasteiger partial charge in [-0.3, -0.25) is 0 Å². The van der Waals surface area contributed by atoms with Crippen LogP contribution in [0.1, 0.15) is 30.9 Å². The van der Waals surface area contributed by atoms with Crippen LogP contribution in [-0.4, -0.2) is 22.5 Å². The summed E-state index contributed by atoms with van der Waals surface area (Å²) in [6.45, 7) is 3.37. The van der Waals surface area contributed by atoms with Crippen molar-refractivity contribution in [1.29, 1.82) is 0 Å². The Bertz CT molecular complexity index is 1090. The Morgan fingerprint density at radius 2 is 1.53 bits per heavy atom. The van der Waals surface area contributed by atoms with Crippen LogP contribution in [0.3, 0.4) is 0 Å². The number of hydrogen-bond donors (Lipinski definition) is 3. The summed E-state index contributed by atoms with van der Waals surface area (Å²) in [6.07, 6.45) is -3.09. The molecular weight excluding hydrogens is 461 g/mol. The molecule has 32 heavy (non-hydrogen) atoms. The second-order valence-corrected chi connectivity index (χ2v) is 7.66. The van der Waals surface area contributed by atoms with Crippen LogP contribution in [0.15, 0.2) is 65.4 Å². The predicted molar refractivity (Wildman–Crippen MR) is 117 cm³/mol. The molecule has 0 aromatic heterocycles. The standard InChI is InChI=1S/C22H19Cl2NO7/c1-11-19(31-21(26)27)18(20(12(2)25-11)32-22(28)29)14-5-3-4-6-17(14)30-10-13-7-8-15(23)16(24)9-13/h3-9,18,25H,10H2,1-2H3,(H,26,27)(H,28,29). The normalized spacial score (nSPS) is 14.1. The molecule has 0 aliphatic carbocycles. The van der Waals surface area contributed by atoms with Crippen LogP contribution in [0.4, 0.5) is 9.59 Å². The van der Waals surface area contributed by atoms with E-state index in [2.05, 4.69) is 5.32 Å². The number of halogens is 2. The number of carbonyl (C=O) groups is 2. The van der Waals surface area contributed by atoms with Crippen molar-refractivity contribution >= 4 is 35.5 Å². The molecule has 3 N–H and O–H groups in total. The van der Waals surface area contributed by atoms with E-state index in [9.17, 15) is 19.8 Å². The lowest BCUT2D eigenvalue weighted by atomic mass is 9.90. The topological polar surface area (TPSA) is 114 Å². The van der Waals surface area contributed by atoms with E-state index < -0.39 is 18.2 Å². The molecule has 0 fully saturated rings. The van der Waals surface area contributed by atoms with E-state index in [1.165, 1.54) is 0 Å². The SMILES string of the molecule is CC1=C(OC(=O)O)C(c2ccccc2OCc2ccc(Cl)c(Cl)c2)C(OC(=O)O)=C(C)N1. The lowest BCUT2D eigenvalue weighted by Crippen LogP contribution is -2.28. The van der Waals surface area contributed by atoms with Gasteiger partial charge < -0.3 is 29.7 Å². The van der Waals surface area contributed by atoms with Gasteiger partial charge in [0.25, 0.3) is 0 Å². The van der Waals surface area contributed by atoms with Gasteiger partial charge in [-0.25, -0.2) is 9.59 Å². The Morgan fingerprint density at radius 1 is 0.938 bits per heavy atom. The average Bonchev–Trinajstić information content (AvgIpc) is 2.72. The van der Waals surface area contributed by atoms with Gasteiger partial charge in [-0.05, 0) is 37.6 Å². The zero-order valence-electron chi connectivity index (χ0n) is 17.0. The summed E-state index contributed by atoms with van der Waals surface area (Å²) in [7, 11) is 0.